The zero-order valence-corrected chi connectivity index (χ0v) is 7.72. The molecule has 12 heavy (non-hydrogen) atoms. The third-order valence-electron chi connectivity index (χ3n) is 2.11. The molecule has 0 aromatic heterocycles. The van der Waals surface area contributed by atoms with Gasteiger partial charge in [-0.25, -0.2) is 0 Å². The molecule has 0 heterocycles. The first-order chi connectivity index (χ1) is 5.70. The molecule has 0 aliphatic heterocycles. The maximum absolute atomic E-state index is 9.58. The molecule has 0 atom stereocenters. The Morgan fingerprint density at radius 3 is 2.58 bits per heavy atom. The molecule has 0 fully saturated rings. The topological polar surface area (TPSA) is 29.5 Å². The van der Waals surface area contributed by atoms with Crippen LogP contribution in [0, 0.1) is 6.92 Å². The number of aryl methyl sites for hydroxylation is 1. The number of phenols is 1. The van der Waals surface area contributed by atoms with Gasteiger partial charge >= 0.3 is 0 Å². The Morgan fingerprint density at radius 2 is 2.08 bits per heavy atom. The van der Waals surface area contributed by atoms with E-state index in [1.54, 1.807) is 13.2 Å². The molecule has 0 spiro atoms. The molecular weight excluding hydrogens is 152 g/mol. The largest absolute Gasteiger partial charge is 0.504 e. The molecule has 0 saturated carbocycles. The maximum Gasteiger partial charge on any atom is 0.160 e. The van der Waals surface area contributed by atoms with E-state index in [9.17, 15) is 5.11 Å². The molecule has 0 aliphatic carbocycles. The van der Waals surface area contributed by atoms with Crippen LogP contribution in [0.4, 0.5) is 0 Å². The highest BCUT2D eigenvalue weighted by Gasteiger charge is 2.06. The molecule has 1 N–H and O–H groups in total. The lowest BCUT2D eigenvalue weighted by molar-refractivity contribution is 0.371. The molecule has 66 valence electrons. The summed E-state index contributed by atoms with van der Waals surface area (Å²) in [6.07, 6.45) is 0.934. The number of phenolic OH excluding ortho intramolecular Hbond substituents is 1. The number of benzene rings is 1. The van der Waals surface area contributed by atoms with Gasteiger partial charge in [0.15, 0.2) is 11.5 Å². The molecule has 0 amide bonds. The molecule has 0 bridgehead atoms. The lowest BCUT2D eigenvalue weighted by atomic mass is 10.1. The summed E-state index contributed by atoms with van der Waals surface area (Å²) in [7, 11) is 1.56. The minimum Gasteiger partial charge on any atom is -0.504 e. The number of aromatic hydroxyl groups is 1. The van der Waals surface area contributed by atoms with Gasteiger partial charge in [-0.05, 0) is 30.5 Å². The van der Waals surface area contributed by atoms with Crippen LogP contribution in [0.25, 0.3) is 0 Å². The van der Waals surface area contributed by atoms with Crippen molar-refractivity contribution >= 4 is 0 Å². The standard InChI is InChI=1S/C10H14O2/c1-4-8-5-6-9(12-3)10(11)7(8)2/h5-6,11H,4H2,1-3H3. The van der Waals surface area contributed by atoms with Crippen molar-refractivity contribution in [1.82, 2.24) is 0 Å². The number of hydrogen-bond acceptors (Lipinski definition) is 2. The maximum atomic E-state index is 9.58. The average Bonchev–Trinajstić information content (AvgIpc) is 2.10. The summed E-state index contributed by atoms with van der Waals surface area (Å²) in [4.78, 5) is 0. The molecule has 2 heteroatoms. The van der Waals surface area contributed by atoms with Crippen LogP contribution in [0.5, 0.6) is 11.5 Å². The molecular formula is C10H14O2. The molecule has 1 aromatic rings. The van der Waals surface area contributed by atoms with Crippen LogP contribution in [0.1, 0.15) is 18.1 Å². The normalized spacial score (nSPS) is 9.92. The van der Waals surface area contributed by atoms with Crippen molar-refractivity contribution in [1.29, 1.82) is 0 Å². The molecule has 0 radical (unpaired) electrons. The van der Waals surface area contributed by atoms with Crippen molar-refractivity contribution < 1.29 is 9.84 Å². The van der Waals surface area contributed by atoms with Gasteiger partial charge in [-0.1, -0.05) is 13.0 Å². The van der Waals surface area contributed by atoms with Gasteiger partial charge in [-0.3, -0.25) is 0 Å². The van der Waals surface area contributed by atoms with Crippen molar-refractivity contribution in [2.45, 2.75) is 20.3 Å². The van der Waals surface area contributed by atoms with Crippen LogP contribution in [-0.2, 0) is 6.42 Å². The first-order valence-corrected chi connectivity index (χ1v) is 4.06. The van der Waals surface area contributed by atoms with E-state index in [0.29, 0.717) is 5.75 Å². The Balaban J connectivity index is 3.20. The zero-order chi connectivity index (χ0) is 9.14. The fraction of sp³-hybridized carbons (Fsp3) is 0.400. The van der Waals surface area contributed by atoms with Crippen molar-refractivity contribution in [3.8, 4) is 11.5 Å². The summed E-state index contributed by atoms with van der Waals surface area (Å²) in [6, 6.07) is 3.77. The fourth-order valence-electron chi connectivity index (χ4n) is 1.26. The Morgan fingerprint density at radius 1 is 1.42 bits per heavy atom. The van der Waals surface area contributed by atoms with E-state index in [-0.39, 0.29) is 5.75 Å². The van der Waals surface area contributed by atoms with Crippen LogP contribution in [0.2, 0.25) is 0 Å². The second-order valence-electron chi connectivity index (χ2n) is 2.75. The molecule has 1 rings (SSSR count). The highest BCUT2D eigenvalue weighted by molar-refractivity contribution is 5.48. The number of methoxy groups -OCH3 is 1. The molecule has 0 aliphatic rings. The van der Waals surface area contributed by atoms with Crippen LogP contribution in [0.15, 0.2) is 12.1 Å². The Hall–Kier alpha value is -1.18. The summed E-state index contributed by atoms with van der Waals surface area (Å²) < 4.78 is 4.98. The van der Waals surface area contributed by atoms with Crippen LogP contribution in [-0.4, -0.2) is 12.2 Å². The van der Waals surface area contributed by atoms with Crippen molar-refractivity contribution in [2.24, 2.45) is 0 Å². The molecule has 1 aromatic carbocycles. The predicted octanol–water partition coefficient (Wildman–Crippen LogP) is 2.27. The summed E-state index contributed by atoms with van der Waals surface area (Å²) in [6.45, 7) is 3.96. The van der Waals surface area contributed by atoms with E-state index in [0.717, 1.165) is 17.5 Å². The molecule has 0 saturated heterocycles. The fourth-order valence-corrected chi connectivity index (χ4v) is 1.26. The van der Waals surface area contributed by atoms with Gasteiger partial charge in [0.05, 0.1) is 7.11 Å². The van der Waals surface area contributed by atoms with E-state index < -0.39 is 0 Å². The molecule has 0 unspecified atom stereocenters. The summed E-state index contributed by atoms with van der Waals surface area (Å²) in [5.41, 5.74) is 2.07. The van der Waals surface area contributed by atoms with Gasteiger partial charge in [0.1, 0.15) is 0 Å². The Labute approximate surface area is 72.8 Å². The smallest absolute Gasteiger partial charge is 0.160 e. The number of hydrogen-bond donors (Lipinski definition) is 1. The third-order valence-corrected chi connectivity index (χ3v) is 2.11. The number of ether oxygens (including phenoxy) is 1. The summed E-state index contributed by atoms with van der Waals surface area (Å²) in [5.74, 6) is 0.807. The quantitative estimate of drug-likeness (QED) is 0.730. The highest BCUT2D eigenvalue weighted by atomic mass is 16.5. The van der Waals surface area contributed by atoms with E-state index in [4.69, 9.17) is 4.74 Å². The predicted molar refractivity (Wildman–Crippen MR) is 48.8 cm³/mol. The van der Waals surface area contributed by atoms with Gasteiger partial charge in [0, 0.05) is 0 Å². The second-order valence-corrected chi connectivity index (χ2v) is 2.75. The van der Waals surface area contributed by atoms with Gasteiger partial charge in [0.25, 0.3) is 0 Å². The Bertz CT molecular complexity index is 250. The Kier molecular flexibility index (Phi) is 2.58. The minimum atomic E-state index is 0.261. The van der Waals surface area contributed by atoms with Crippen molar-refractivity contribution in [3.63, 3.8) is 0 Å². The van der Waals surface area contributed by atoms with Gasteiger partial charge in [-0.2, -0.15) is 0 Å². The van der Waals surface area contributed by atoms with E-state index in [1.165, 1.54) is 0 Å². The zero-order valence-electron chi connectivity index (χ0n) is 7.72. The van der Waals surface area contributed by atoms with Crippen molar-refractivity contribution in [3.05, 3.63) is 23.3 Å². The third kappa shape index (κ3) is 1.37. The van der Waals surface area contributed by atoms with E-state index in [1.807, 2.05) is 13.0 Å². The van der Waals surface area contributed by atoms with Crippen molar-refractivity contribution in [2.75, 3.05) is 7.11 Å². The molecule has 2 nitrogen and oxygen atoms in total. The van der Waals surface area contributed by atoms with E-state index in [2.05, 4.69) is 6.92 Å². The van der Waals surface area contributed by atoms with E-state index >= 15 is 0 Å². The first kappa shape index (κ1) is 8.91. The summed E-state index contributed by atoms with van der Waals surface area (Å²) in [5, 5.41) is 9.58. The minimum absolute atomic E-state index is 0.261. The van der Waals surface area contributed by atoms with Gasteiger partial charge in [0.2, 0.25) is 0 Å². The highest BCUT2D eigenvalue weighted by Crippen LogP contribution is 2.31. The number of rotatable bonds is 2. The second kappa shape index (κ2) is 3.48. The first-order valence-electron chi connectivity index (χ1n) is 4.06. The lowest BCUT2D eigenvalue weighted by Crippen LogP contribution is -1.90. The summed E-state index contributed by atoms with van der Waals surface area (Å²) >= 11 is 0. The SMILES string of the molecule is CCc1ccc(OC)c(O)c1C. The van der Waals surface area contributed by atoms with Crippen LogP contribution < -0.4 is 4.74 Å². The lowest BCUT2D eigenvalue weighted by Gasteiger charge is -2.09. The monoisotopic (exact) mass is 166 g/mol. The van der Waals surface area contributed by atoms with Gasteiger partial charge < -0.3 is 9.84 Å². The van der Waals surface area contributed by atoms with Crippen LogP contribution in [0.3, 0.4) is 0 Å². The average molecular weight is 166 g/mol. The van der Waals surface area contributed by atoms with Gasteiger partial charge in [-0.15, -0.1) is 0 Å². The van der Waals surface area contributed by atoms with Crippen LogP contribution >= 0.6 is 0 Å².